The summed E-state index contributed by atoms with van der Waals surface area (Å²) >= 11 is 0. The maximum Gasteiger partial charge on any atom is 0.416 e. The van der Waals surface area contributed by atoms with Crippen LogP contribution in [0.4, 0.5) is 18.9 Å². The third kappa shape index (κ3) is 4.88. The largest absolute Gasteiger partial charge is 0.464 e. The van der Waals surface area contributed by atoms with E-state index in [1.165, 1.54) is 12.1 Å². The molecule has 128 valence electrons. The first-order valence-corrected chi connectivity index (χ1v) is 8.02. The number of hydrogen-bond donors (Lipinski definition) is 1. The van der Waals surface area contributed by atoms with E-state index in [4.69, 9.17) is 4.74 Å². The molecular weight excluding hydrogens is 307 g/mol. The topological polar surface area (TPSA) is 38.3 Å². The van der Waals surface area contributed by atoms with Crippen molar-refractivity contribution < 1.29 is 22.7 Å². The zero-order chi connectivity index (χ0) is 16.9. The molecule has 6 heteroatoms. The van der Waals surface area contributed by atoms with Crippen LogP contribution in [0, 0.1) is 5.92 Å². The molecule has 1 aliphatic carbocycles. The van der Waals surface area contributed by atoms with Gasteiger partial charge in [-0.05, 0) is 49.9 Å². The van der Waals surface area contributed by atoms with Gasteiger partial charge in [0.15, 0.2) is 0 Å². The highest BCUT2D eigenvalue weighted by atomic mass is 19.4. The third-order valence-corrected chi connectivity index (χ3v) is 4.20. The molecule has 0 aliphatic heterocycles. The molecule has 0 heterocycles. The van der Waals surface area contributed by atoms with Crippen LogP contribution >= 0.6 is 0 Å². The van der Waals surface area contributed by atoms with E-state index >= 15 is 0 Å². The second-order valence-electron chi connectivity index (χ2n) is 5.85. The van der Waals surface area contributed by atoms with Crippen molar-refractivity contribution in [1.29, 1.82) is 0 Å². The molecule has 0 saturated heterocycles. The van der Waals surface area contributed by atoms with Gasteiger partial charge in [0.1, 0.15) is 6.04 Å². The number of hydrogen-bond acceptors (Lipinski definition) is 3. The van der Waals surface area contributed by atoms with Gasteiger partial charge in [-0.15, -0.1) is 0 Å². The summed E-state index contributed by atoms with van der Waals surface area (Å²) in [7, 11) is 0. The Morgan fingerprint density at radius 3 is 2.35 bits per heavy atom. The van der Waals surface area contributed by atoms with Gasteiger partial charge in [-0.25, -0.2) is 4.79 Å². The van der Waals surface area contributed by atoms with Gasteiger partial charge in [-0.2, -0.15) is 13.2 Å². The van der Waals surface area contributed by atoms with Crippen LogP contribution in [-0.4, -0.2) is 18.6 Å². The second-order valence-corrected chi connectivity index (χ2v) is 5.85. The van der Waals surface area contributed by atoms with Crippen molar-refractivity contribution >= 4 is 11.7 Å². The van der Waals surface area contributed by atoms with Crippen LogP contribution in [0.1, 0.15) is 44.6 Å². The Hall–Kier alpha value is -1.72. The van der Waals surface area contributed by atoms with Crippen LogP contribution in [0.25, 0.3) is 0 Å². The number of benzene rings is 1. The molecule has 3 nitrogen and oxygen atoms in total. The Morgan fingerprint density at radius 1 is 1.22 bits per heavy atom. The maximum absolute atomic E-state index is 12.6. The van der Waals surface area contributed by atoms with Crippen LogP contribution in [0.5, 0.6) is 0 Å². The third-order valence-electron chi connectivity index (χ3n) is 4.20. The predicted octanol–water partition coefficient (Wildman–Crippen LogP) is 4.63. The van der Waals surface area contributed by atoms with Crippen molar-refractivity contribution in [2.24, 2.45) is 5.92 Å². The monoisotopic (exact) mass is 329 g/mol. The van der Waals surface area contributed by atoms with Crippen molar-refractivity contribution in [2.45, 2.75) is 51.2 Å². The summed E-state index contributed by atoms with van der Waals surface area (Å²) in [5.41, 5.74) is -0.199. The van der Waals surface area contributed by atoms with Crippen LogP contribution in [-0.2, 0) is 15.7 Å². The number of carbonyl (C=O) groups excluding carboxylic acids is 1. The smallest absolute Gasteiger partial charge is 0.416 e. The van der Waals surface area contributed by atoms with Crippen LogP contribution in [0.2, 0.25) is 0 Å². The number of halogens is 3. The summed E-state index contributed by atoms with van der Waals surface area (Å²) in [5, 5.41) is 3.07. The Kier molecular flexibility index (Phi) is 5.91. The lowest BCUT2D eigenvalue weighted by molar-refractivity contribution is -0.145. The lowest BCUT2D eigenvalue weighted by Crippen LogP contribution is -2.39. The van der Waals surface area contributed by atoms with E-state index in [9.17, 15) is 18.0 Å². The molecule has 1 N–H and O–H groups in total. The molecule has 1 atom stereocenters. The van der Waals surface area contributed by atoms with E-state index in [1.807, 2.05) is 0 Å². The minimum absolute atomic E-state index is 0.157. The van der Waals surface area contributed by atoms with E-state index in [0.717, 1.165) is 44.2 Å². The fraction of sp³-hybridized carbons (Fsp3) is 0.588. The van der Waals surface area contributed by atoms with Gasteiger partial charge in [0.2, 0.25) is 0 Å². The van der Waals surface area contributed by atoms with Crippen molar-refractivity contribution in [2.75, 3.05) is 11.9 Å². The molecule has 1 aliphatic rings. The SMILES string of the molecule is CCOC(=O)C(Nc1ccc(C(F)(F)F)cc1)C1CCCCC1. The zero-order valence-electron chi connectivity index (χ0n) is 13.2. The number of ether oxygens (including phenoxy) is 1. The Bertz CT molecular complexity index is 508. The van der Waals surface area contributed by atoms with Crippen LogP contribution in [0.15, 0.2) is 24.3 Å². The summed E-state index contributed by atoms with van der Waals surface area (Å²) in [6.07, 6.45) is 0.785. The molecular formula is C17H22F3NO2. The van der Waals surface area contributed by atoms with Gasteiger partial charge >= 0.3 is 12.1 Å². The summed E-state index contributed by atoms with van der Waals surface area (Å²) < 4.78 is 42.9. The molecule has 1 aromatic carbocycles. The Morgan fingerprint density at radius 2 is 1.83 bits per heavy atom. The number of esters is 1. The summed E-state index contributed by atoms with van der Waals surface area (Å²) in [6, 6.07) is 4.25. The van der Waals surface area contributed by atoms with E-state index in [-0.39, 0.29) is 18.5 Å². The van der Waals surface area contributed by atoms with Gasteiger partial charge in [0.05, 0.1) is 12.2 Å². The molecule has 0 radical (unpaired) electrons. The molecule has 1 unspecified atom stereocenters. The number of rotatable bonds is 5. The second kappa shape index (κ2) is 7.70. The van der Waals surface area contributed by atoms with Gasteiger partial charge in [0, 0.05) is 5.69 Å². The first-order chi connectivity index (χ1) is 10.9. The van der Waals surface area contributed by atoms with Crippen LogP contribution < -0.4 is 5.32 Å². The molecule has 0 spiro atoms. The van der Waals surface area contributed by atoms with Crippen molar-refractivity contribution in [3.05, 3.63) is 29.8 Å². The fourth-order valence-electron chi connectivity index (χ4n) is 3.00. The highest BCUT2D eigenvalue weighted by molar-refractivity contribution is 5.79. The Labute approximate surface area is 134 Å². The van der Waals surface area contributed by atoms with Gasteiger partial charge in [-0.3, -0.25) is 0 Å². The molecule has 2 rings (SSSR count). The minimum Gasteiger partial charge on any atom is -0.464 e. The average molecular weight is 329 g/mol. The molecule has 0 bridgehead atoms. The van der Waals surface area contributed by atoms with Gasteiger partial charge in [-0.1, -0.05) is 19.3 Å². The molecule has 0 amide bonds. The first-order valence-electron chi connectivity index (χ1n) is 8.02. The number of carbonyl (C=O) groups is 1. The van der Waals surface area contributed by atoms with E-state index in [0.29, 0.717) is 5.69 Å². The molecule has 1 saturated carbocycles. The summed E-state index contributed by atoms with van der Waals surface area (Å²) in [4.78, 5) is 12.2. The number of anilines is 1. The van der Waals surface area contributed by atoms with Crippen molar-refractivity contribution in [1.82, 2.24) is 0 Å². The van der Waals surface area contributed by atoms with Gasteiger partial charge in [0.25, 0.3) is 0 Å². The van der Waals surface area contributed by atoms with Crippen LogP contribution in [0.3, 0.4) is 0 Å². The molecule has 23 heavy (non-hydrogen) atoms. The number of alkyl halides is 3. The average Bonchev–Trinajstić information content (AvgIpc) is 2.53. The summed E-state index contributed by atoms with van der Waals surface area (Å²) in [6.45, 7) is 2.03. The van der Waals surface area contributed by atoms with Gasteiger partial charge < -0.3 is 10.1 Å². The molecule has 0 aromatic heterocycles. The highest BCUT2D eigenvalue weighted by Gasteiger charge is 2.32. The van der Waals surface area contributed by atoms with Crippen molar-refractivity contribution in [3.8, 4) is 0 Å². The lowest BCUT2D eigenvalue weighted by atomic mass is 9.83. The maximum atomic E-state index is 12.6. The Balaban J connectivity index is 2.11. The lowest BCUT2D eigenvalue weighted by Gasteiger charge is -2.30. The minimum atomic E-state index is -4.36. The molecule has 1 aromatic rings. The molecule has 1 fully saturated rings. The first kappa shape index (κ1) is 17.6. The standard InChI is InChI=1S/C17H22F3NO2/c1-2-23-16(22)15(12-6-4-3-5-7-12)21-14-10-8-13(9-11-14)17(18,19)20/h8-12,15,21H,2-7H2,1H3. The highest BCUT2D eigenvalue weighted by Crippen LogP contribution is 2.32. The predicted molar refractivity (Wildman–Crippen MR) is 82.1 cm³/mol. The summed E-state index contributed by atoms with van der Waals surface area (Å²) in [5.74, 6) is -0.176. The normalized spacial score (nSPS) is 17.6. The van der Waals surface area contributed by atoms with E-state index < -0.39 is 17.8 Å². The number of nitrogens with one attached hydrogen (secondary N) is 1. The van der Waals surface area contributed by atoms with E-state index in [2.05, 4.69) is 5.32 Å². The fourth-order valence-corrected chi connectivity index (χ4v) is 3.00. The quantitative estimate of drug-likeness (QED) is 0.801. The van der Waals surface area contributed by atoms with E-state index in [1.54, 1.807) is 6.92 Å². The zero-order valence-corrected chi connectivity index (χ0v) is 13.2. The van der Waals surface area contributed by atoms with Crippen molar-refractivity contribution in [3.63, 3.8) is 0 Å².